The lowest BCUT2D eigenvalue weighted by Gasteiger charge is -2.28. The lowest BCUT2D eigenvalue weighted by molar-refractivity contribution is 1.32. The fourth-order valence-electron chi connectivity index (χ4n) is 6.66. The predicted molar refractivity (Wildman–Crippen MR) is 179 cm³/mol. The summed E-state index contributed by atoms with van der Waals surface area (Å²) < 4.78 is 1.24. The van der Waals surface area contributed by atoms with Gasteiger partial charge in [0.05, 0.1) is 11.4 Å². The minimum atomic E-state index is 1.06. The van der Waals surface area contributed by atoms with Gasteiger partial charge >= 0.3 is 0 Å². The van der Waals surface area contributed by atoms with Crippen molar-refractivity contribution in [3.05, 3.63) is 146 Å². The molecule has 8 aromatic rings. The smallest absolute Gasteiger partial charge is 0.124 e. The van der Waals surface area contributed by atoms with Crippen molar-refractivity contribution >= 4 is 59.5 Å². The second-order valence-electron chi connectivity index (χ2n) is 10.8. The number of thiophene rings is 1. The summed E-state index contributed by atoms with van der Waals surface area (Å²) in [6.07, 6.45) is 1.89. The maximum Gasteiger partial charge on any atom is 0.124 e. The third kappa shape index (κ3) is 3.41. The fraction of sp³-hybridized carbons (Fsp3) is 0. The van der Waals surface area contributed by atoms with Crippen molar-refractivity contribution < 1.29 is 0 Å². The lowest BCUT2D eigenvalue weighted by atomic mass is 9.99. The Morgan fingerprint density at radius 1 is 0.452 bits per heavy atom. The molecule has 9 rings (SSSR count). The minimum Gasteiger partial charge on any atom is -0.309 e. The molecule has 0 bridgehead atoms. The van der Waals surface area contributed by atoms with E-state index < -0.39 is 0 Å². The van der Waals surface area contributed by atoms with Crippen molar-refractivity contribution in [3.63, 3.8) is 0 Å². The molecule has 196 valence electrons. The number of nitrogens with zero attached hydrogens (tertiary/aromatic N) is 2. The standard InChI is InChI=1S/C39H24N2S/c1-2-9-25(10-3-1)26-18-20-27(21-19-26)41(35-16-7-17-36-38(35)33-15-8-24-40-39(33)42-36)34-23-22-31-29-12-5-4-11-28(29)30-13-6-14-32(34)37(30)31/h1-24H. The molecule has 0 N–H and O–H groups in total. The number of hydrogen-bond acceptors (Lipinski definition) is 3. The van der Waals surface area contributed by atoms with Crippen LogP contribution < -0.4 is 4.90 Å². The van der Waals surface area contributed by atoms with Crippen molar-refractivity contribution in [2.45, 2.75) is 0 Å². The number of fused-ring (bicyclic) bond motifs is 6. The highest BCUT2D eigenvalue weighted by Gasteiger charge is 2.25. The first-order chi connectivity index (χ1) is 20.8. The third-order valence-corrected chi connectivity index (χ3v) is 9.57. The maximum absolute atomic E-state index is 4.71. The Morgan fingerprint density at radius 2 is 1.14 bits per heavy atom. The first-order valence-corrected chi connectivity index (χ1v) is 15.0. The summed E-state index contributed by atoms with van der Waals surface area (Å²) in [5.74, 6) is 0. The molecule has 1 aliphatic carbocycles. The topological polar surface area (TPSA) is 16.1 Å². The van der Waals surface area contributed by atoms with E-state index in [2.05, 4.69) is 138 Å². The van der Waals surface area contributed by atoms with Crippen LogP contribution in [0.2, 0.25) is 0 Å². The molecule has 0 saturated heterocycles. The van der Waals surface area contributed by atoms with E-state index in [0.29, 0.717) is 0 Å². The van der Waals surface area contributed by atoms with Crippen molar-refractivity contribution in [2.24, 2.45) is 0 Å². The largest absolute Gasteiger partial charge is 0.309 e. The summed E-state index contributed by atoms with van der Waals surface area (Å²) in [5.41, 5.74) is 11.1. The van der Waals surface area contributed by atoms with Crippen LogP contribution in [0.25, 0.3) is 64.5 Å². The molecule has 2 heterocycles. The molecular weight excluding hydrogens is 529 g/mol. The number of hydrogen-bond donors (Lipinski definition) is 0. The Bertz CT molecular complexity index is 2270. The van der Waals surface area contributed by atoms with Crippen LogP contribution in [0.3, 0.4) is 0 Å². The van der Waals surface area contributed by atoms with E-state index >= 15 is 0 Å². The van der Waals surface area contributed by atoms with Gasteiger partial charge in [-0.15, -0.1) is 11.3 Å². The molecule has 0 amide bonds. The second-order valence-corrected chi connectivity index (χ2v) is 11.8. The van der Waals surface area contributed by atoms with Crippen LogP contribution in [0.5, 0.6) is 0 Å². The van der Waals surface area contributed by atoms with Crippen molar-refractivity contribution in [2.75, 3.05) is 4.90 Å². The van der Waals surface area contributed by atoms with Gasteiger partial charge in [0.1, 0.15) is 4.83 Å². The van der Waals surface area contributed by atoms with Crippen LogP contribution in [-0.2, 0) is 0 Å². The number of aromatic nitrogens is 1. The SMILES string of the molecule is c1ccc(-c2ccc(N(c3ccc4c5c(cccc35)-c3ccccc3-4)c3cccc4sc5ncccc5c34)cc2)cc1. The van der Waals surface area contributed by atoms with Gasteiger partial charge in [-0.05, 0) is 81.2 Å². The van der Waals surface area contributed by atoms with Gasteiger partial charge in [0.15, 0.2) is 0 Å². The first kappa shape index (κ1) is 23.5. The Morgan fingerprint density at radius 3 is 1.98 bits per heavy atom. The molecule has 0 saturated carbocycles. The zero-order valence-corrected chi connectivity index (χ0v) is 23.5. The number of anilines is 3. The Labute approximate surface area is 247 Å². The number of rotatable bonds is 4. The van der Waals surface area contributed by atoms with E-state index in [0.717, 1.165) is 16.2 Å². The van der Waals surface area contributed by atoms with Gasteiger partial charge in [-0.2, -0.15) is 0 Å². The normalized spacial score (nSPS) is 11.8. The Kier molecular flexibility index (Phi) is 5.10. The maximum atomic E-state index is 4.71. The zero-order valence-electron chi connectivity index (χ0n) is 22.7. The van der Waals surface area contributed by atoms with Crippen LogP contribution >= 0.6 is 11.3 Å². The van der Waals surface area contributed by atoms with Crippen LogP contribution in [0.15, 0.2) is 146 Å². The average molecular weight is 553 g/mol. The molecule has 2 aromatic heterocycles. The highest BCUT2D eigenvalue weighted by atomic mass is 32.1. The zero-order chi connectivity index (χ0) is 27.6. The van der Waals surface area contributed by atoms with Crippen LogP contribution in [0, 0.1) is 0 Å². The molecule has 0 fully saturated rings. The van der Waals surface area contributed by atoms with Gasteiger partial charge in [-0.3, -0.25) is 0 Å². The van der Waals surface area contributed by atoms with Gasteiger partial charge in [0.2, 0.25) is 0 Å². The van der Waals surface area contributed by atoms with Gasteiger partial charge in [-0.1, -0.05) is 97.1 Å². The lowest BCUT2D eigenvalue weighted by Crippen LogP contribution is -2.11. The van der Waals surface area contributed by atoms with Crippen molar-refractivity contribution in [3.8, 4) is 33.4 Å². The van der Waals surface area contributed by atoms with Gasteiger partial charge in [0, 0.05) is 32.7 Å². The molecule has 2 nitrogen and oxygen atoms in total. The average Bonchev–Trinajstić information content (AvgIpc) is 3.60. The highest BCUT2D eigenvalue weighted by molar-refractivity contribution is 7.25. The minimum absolute atomic E-state index is 1.06. The van der Waals surface area contributed by atoms with E-state index in [-0.39, 0.29) is 0 Å². The van der Waals surface area contributed by atoms with Gasteiger partial charge < -0.3 is 4.90 Å². The quantitative estimate of drug-likeness (QED) is 0.216. The van der Waals surface area contributed by atoms with Crippen molar-refractivity contribution in [1.29, 1.82) is 0 Å². The van der Waals surface area contributed by atoms with Crippen LogP contribution in [-0.4, -0.2) is 4.98 Å². The highest BCUT2D eigenvalue weighted by Crippen LogP contribution is 2.52. The number of benzene rings is 6. The summed E-state index contributed by atoms with van der Waals surface area (Å²) in [7, 11) is 0. The van der Waals surface area contributed by atoms with E-state index in [1.165, 1.54) is 65.3 Å². The third-order valence-electron chi connectivity index (χ3n) is 8.49. The molecular formula is C39H24N2S. The van der Waals surface area contributed by atoms with E-state index in [1.54, 1.807) is 11.3 Å². The molecule has 0 atom stereocenters. The second kappa shape index (κ2) is 9.13. The summed E-state index contributed by atoms with van der Waals surface area (Å²) in [4.78, 5) is 8.23. The van der Waals surface area contributed by atoms with Gasteiger partial charge in [-0.25, -0.2) is 4.98 Å². The van der Waals surface area contributed by atoms with E-state index in [4.69, 9.17) is 4.98 Å². The molecule has 0 spiro atoms. The van der Waals surface area contributed by atoms with Crippen LogP contribution in [0.1, 0.15) is 0 Å². The van der Waals surface area contributed by atoms with Crippen molar-refractivity contribution in [1.82, 2.24) is 4.98 Å². The molecule has 3 heteroatoms. The number of pyridine rings is 1. The molecule has 0 unspecified atom stereocenters. The summed E-state index contributed by atoms with van der Waals surface area (Å²) in [6.45, 7) is 0. The fourth-order valence-corrected chi connectivity index (χ4v) is 7.72. The van der Waals surface area contributed by atoms with Crippen LogP contribution in [0.4, 0.5) is 17.1 Å². The van der Waals surface area contributed by atoms with E-state index in [1.807, 2.05) is 12.3 Å². The Hall–Kier alpha value is -5.25. The van der Waals surface area contributed by atoms with Gasteiger partial charge in [0.25, 0.3) is 0 Å². The Balaban J connectivity index is 1.33. The molecule has 0 aliphatic heterocycles. The summed E-state index contributed by atoms with van der Waals surface area (Å²) >= 11 is 1.76. The molecule has 1 aliphatic rings. The molecule has 42 heavy (non-hydrogen) atoms. The summed E-state index contributed by atoms with van der Waals surface area (Å²) in [5, 5.41) is 5.01. The monoisotopic (exact) mass is 552 g/mol. The molecule has 0 radical (unpaired) electrons. The first-order valence-electron chi connectivity index (χ1n) is 14.2. The summed E-state index contributed by atoms with van der Waals surface area (Å²) in [6, 6.07) is 50.6. The van der Waals surface area contributed by atoms with E-state index in [9.17, 15) is 0 Å². The predicted octanol–water partition coefficient (Wildman–Crippen LogP) is 11.4. The molecule has 6 aromatic carbocycles.